The molecule has 9 heteroatoms. The summed E-state index contributed by atoms with van der Waals surface area (Å²) in [5, 5.41) is 0. The molecule has 53 heavy (non-hydrogen) atoms. The Morgan fingerprint density at radius 1 is 0.528 bits per heavy atom. The van der Waals surface area contributed by atoms with Crippen molar-refractivity contribution in [1.29, 1.82) is 0 Å². The minimum absolute atomic E-state index is 0.227. The average Bonchev–Trinajstić information content (AvgIpc) is 3.15. The van der Waals surface area contributed by atoms with Crippen LogP contribution in [0.15, 0.2) is 24.3 Å². The topological polar surface area (TPSA) is 108 Å². The van der Waals surface area contributed by atoms with Gasteiger partial charge in [0.25, 0.3) is 0 Å². The average molecular weight is 771 g/mol. The van der Waals surface area contributed by atoms with Crippen LogP contribution in [0, 0.1) is 0 Å². The van der Waals surface area contributed by atoms with E-state index in [1.807, 2.05) is 0 Å². The maximum absolute atomic E-state index is 12.5. The van der Waals surface area contributed by atoms with Gasteiger partial charge in [0, 0.05) is 20.0 Å². The Morgan fingerprint density at radius 2 is 0.906 bits per heavy atom. The van der Waals surface area contributed by atoms with Crippen molar-refractivity contribution in [2.75, 3.05) is 20.3 Å². The van der Waals surface area contributed by atoms with Crippen molar-refractivity contribution >= 4 is 19.8 Å². The maximum atomic E-state index is 12.5. The second kappa shape index (κ2) is 40.2. The molecule has 0 aliphatic carbocycles. The molecule has 0 aliphatic rings. The Labute approximate surface area is 326 Å². The fraction of sp³-hybridized carbons (Fsp3) is 0.864. The monoisotopic (exact) mass is 771 g/mol. The summed E-state index contributed by atoms with van der Waals surface area (Å²) in [5.41, 5.74) is 0. The molecule has 0 aromatic rings. The van der Waals surface area contributed by atoms with Crippen LogP contribution in [0.25, 0.3) is 0 Å². The lowest BCUT2D eigenvalue weighted by Crippen LogP contribution is -2.29. The highest BCUT2D eigenvalue weighted by atomic mass is 31.2. The van der Waals surface area contributed by atoms with Gasteiger partial charge in [0.1, 0.15) is 6.61 Å². The molecule has 0 aliphatic heterocycles. The molecule has 0 aromatic carbocycles. The molecule has 8 nitrogen and oxygen atoms in total. The van der Waals surface area contributed by atoms with E-state index in [-0.39, 0.29) is 19.0 Å². The second-order valence-electron chi connectivity index (χ2n) is 14.8. The first-order valence-electron chi connectivity index (χ1n) is 22.0. The number of phosphoric ester groups is 1. The number of carbonyl (C=O) groups excluding carboxylic acids is 2. The van der Waals surface area contributed by atoms with Gasteiger partial charge in [0.15, 0.2) is 6.10 Å². The third-order valence-corrected chi connectivity index (χ3v) is 10.6. The smallest absolute Gasteiger partial charge is 0.462 e. The van der Waals surface area contributed by atoms with Crippen LogP contribution < -0.4 is 0 Å². The zero-order chi connectivity index (χ0) is 38.9. The van der Waals surface area contributed by atoms with E-state index >= 15 is 0 Å². The molecule has 312 valence electrons. The van der Waals surface area contributed by atoms with Crippen molar-refractivity contribution in [3.63, 3.8) is 0 Å². The molecule has 0 saturated carbocycles. The Morgan fingerprint density at radius 3 is 1.36 bits per heavy atom. The highest BCUT2D eigenvalue weighted by molar-refractivity contribution is 7.47. The third kappa shape index (κ3) is 40.0. The van der Waals surface area contributed by atoms with Crippen LogP contribution in [0.5, 0.6) is 0 Å². The van der Waals surface area contributed by atoms with Crippen molar-refractivity contribution in [2.24, 2.45) is 0 Å². The van der Waals surface area contributed by atoms with E-state index < -0.39 is 26.5 Å². The molecule has 0 heterocycles. The zero-order valence-corrected chi connectivity index (χ0v) is 35.6. The molecular weight excluding hydrogens is 687 g/mol. The first-order valence-corrected chi connectivity index (χ1v) is 23.5. The number of phosphoric acid groups is 1. The number of esters is 2. The first kappa shape index (κ1) is 51.5. The maximum Gasteiger partial charge on any atom is 0.472 e. The molecule has 0 amide bonds. The van der Waals surface area contributed by atoms with Crippen LogP contribution in [-0.2, 0) is 32.7 Å². The molecule has 2 unspecified atom stereocenters. The molecule has 0 radical (unpaired) electrons. The fourth-order valence-electron chi connectivity index (χ4n) is 6.28. The number of hydrogen-bond donors (Lipinski definition) is 1. The van der Waals surface area contributed by atoms with Gasteiger partial charge in [-0.3, -0.25) is 18.6 Å². The third-order valence-electron chi connectivity index (χ3n) is 9.70. The van der Waals surface area contributed by atoms with Crippen LogP contribution in [0.2, 0.25) is 0 Å². The van der Waals surface area contributed by atoms with Crippen LogP contribution in [0.1, 0.15) is 219 Å². The minimum Gasteiger partial charge on any atom is -0.462 e. The van der Waals surface area contributed by atoms with Crippen LogP contribution >= 0.6 is 7.82 Å². The number of allylic oxidation sites excluding steroid dienone is 4. The number of hydrogen-bond acceptors (Lipinski definition) is 7. The summed E-state index contributed by atoms with van der Waals surface area (Å²) in [4.78, 5) is 34.5. The quantitative estimate of drug-likeness (QED) is 0.0283. The lowest BCUT2D eigenvalue weighted by atomic mass is 10.0. The molecule has 0 aromatic heterocycles. The molecule has 0 rings (SSSR count). The largest absolute Gasteiger partial charge is 0.472 e. The minimum atomic E-state index is -4.26. The Bertz CT molecular complexity index is 921. The number of ether oxygens (including phenoxy) is 2. The summed E-state index contributed by atoms with van der Waals surface area (Å²) in [6.45, 7) is 3.87. The van der Waals surface area contributed by atoms with Gasteiger partial charge in [0.2, 0.25) is 0 Å². The summed E-state index contributed by atoms with van der Waals surface area (Å²) >= 11 is 0. The lowest BCUT2D eigenvalue weighted by Gasteiger charge is -2.19. The van der Waals surface area contributed by atoms with E-state index in [4.69, 9.17) is 14.0 Å². The van der Waals surface area contributed by atoms with Gasteiger partial charge in [-0.25, -0.2) is 4.57 Å². The van der Waals surface area contributed by atoms with Gasteiger partial charge in [0.05, 0.1) is 6.61 Å². The van der Waals surface area contributed by atoms with E-state index in [2.05, 4.69) is 42.7 Å². The molecule has 0 saturated heterocycles. The van der Waals surface area contributed by atoms with Gasteiger partial charge in [-0.15, -0.1) is 0 Å². The molecule has 2 atom stereocenters. The van der Waals surface area contributed by atoms with Crippen molar-refractivity contribution in [3.05, 3.63) is 24.3 Å². The molecule has 0 spiro atoms. The van der Waals surface area contributed by atoms with E-state index in [0.29, 0.717) is 12.8 Å². The Balaban J connectivity index is 3.96. The van der Waals surface area contributed by atoms with E-state index in [0.717, 1.165) is 64.9 Å². The van der Waals surface area contributed by atoms with Crippen molar-refractivity contribution in [3.8, 4) is 0 Å². The summed E-state index contributed by atoms with van der Waals surface area (Å²) in [6, 6.07) is 0. The van der Waals surface area contributed by atoms with Crippen LogP contribution in [-0.4, -0.2) is 43.3 Å². The lowest BCUT2D eigenvalue weighted by molar-refractivity contribution is -0.161. The molecular formula is C44H83O8P. The predicted octanol–water partition coefficient (Wildman–Crippen LogP) is 13.8. The normalized spacial score (nSPS) is 13.5. The summed E-state index contributed by atoms with van der Waals surface area (Å²) < 4.78 is 32.0. The fourth-order valence-corrected chi connectivity index (χ4v) is 6.74. The second-order valence-corrected chi connectivity index (χ2v) is 16.4. The van der Waals surface area contributed by atoms with Gasteiger partial charge in [-0.1, -0.05) is 186 Å². The highest BCUT2D eigenvalue weighted by Gasteiger charge is 2.24. The van der Waals surface area contributed by atoms with Crippen LogP contribution in [0.4, 0.5) is 0 Å². The number of unbranched alkanes of at least 4 members (excludes halogenated alkanes) is 26. The zero-order valence-electron chi connectivity index (χ0n) is 34.7. The predicted molar refractivity (Wildman–Crippen MR) is 221 cm³/mol. The molecule has 1 N–H and O–H groups in total. The van der Waals surface area contributed by atoms with Crippen molar-refractivity contribution < 1.29 is 37.6 Å². The van der Waals surface area contributed by atoms with E-state index in [1.54, 1.807) is 0 Å². The van der Waals surface area contributed by atoms with Crippen LogP contribution in [0.3, 0.4) is 0 Å². The van der Waals surface area contributed by atoms with Gasteiger partial charge < -0.3 is 14.4 Å². The van der Waals surface area contributed by atoms with E-state index in [9.17, 15) is 19.0 Å². The van der Waals surface area contributed by atoms with Gasteiger partial charge in [-0.05, 0) is 44.9 Å². The first-order chi connectivity index (χ1) is 25.8. The van der Waals surface area contributed by atoms with E-state index in [1.165, 1.54) is 128 Å². The number of carbonyl (C=O) groups is 2. The van der Waals surface area contributed by atoms with Gasteiger partial charge >= 0.3 is 19.8 Å². The molecule has 0 bridgehead atoms. The molecule has 0 fully saturated rings. The Kier molecular flexibility index (Phi) is 39.1. The van der Waals surface area contributed by atoms with Gasteiger partial charge in [-0.2, -0.15) is 0 Å². The Hall–Kier alpha value is -1.47. The summed E-state index contributed by atoms with van der Waals surface area (Å²) in [7, 11) is -3.20. The SMILES string of the molecule is CCCCC/C=C\C/C=C\CCCCCCCC(=O)OC(COC(=O)CCCCCCCCCCCCCCCCCCCCC)COP(=O)(O)OC. The van der Waals surface area contributed by atoms with Crippen molar-refractivity contribution in [2.45, 2.75) is 225 Å². The standard InChI is InChI=1S/C44H83O8P/c1-4-6-8-10-12-14-16-18-20-21-22-23-25-26-28-30-32-34-36-38-43(45)50-40-42(41-51-53(47,48)49-3)52-44(46)39-37-35-33-31-29-27-24-19-17-15-13-11-9-7-5-2/h13,15,19,24,42H,4-12,14,16-18,20-23,25-41H2,1-3H3,(H,47,48)/b15-13-,24-19-. The number of rotatable bonds is 41. The highest BCUT2D eigenvalue weighted by Crippen LogP contribution is 2.42. The summed E-state index contributed by atoms with van der Waals surface area (Å²) in [6.07, 6.45) is 45.2. The van der Waals surface area contributed by atoms with Crippen molar-refractivity contribution in [1.82, 2.24) is 0 Å². The summed E-state index contributed by atoms with van der Waals surface area (Å²) in [5.74, 6) is -0.810.